The smallest absolute Gasteiger partial charge is 0.152 e. The number of terminal acetylenes is 1. The van der Waals surface area contributed by atoms with Crippen molar-refractivity contribution in [2.45, 2.75) is 38.7 Å². The van der Waals surface area contributed by atoms with E-state index in [1.165, 1.54) is 0 Å². The zero-order chi connectivity index (χ0) is 11.1. The van der Waals surface area contributed by atoms with Gasteiger partial charge in [-0.2, -0.15) is 0 Å². The van der Waals surface area contributed by atoms with Crippen molar-refractivity contribution in [3.05, 3.63) is 12.2 Å². The average Bonchev–Trinajstić information content (AvgIpc) is 2.25. The molecule has 0 heterocycles. The number of carbonyl (C=O) groups excluding carboxylic acids is 1. The third-order valence-corrected chi connectivity index (χ3v) is 2.72. The first kappa shape index (κ1) is 12.0. The predicted molar refractivity (Wildman–Crippen MR) is 60.4 cm³/mol. The Labute approximate surface area is 91.7 Å². The van der Waals surface area contributed by atoms with Gasteiger partial charge in [-0.3, -0.25) is 4.79 Å². The molecule has 0 aliphatic heterocycles. The highest BCUT2D eigenvalue weighted by Crippen LogP contribution is 2.26. The fraction of sp³-hybridized carbons (Fsp3) is 0.615. The molecule has 1 fully saturated rings. The van der Waals surface area contributed by atoms with Gasteiger partial charge in [0.1, 0.15) is 6.61 Å². The molecular formula is C13H18O2. The van der Waals surface area contributed by atoms with Gasteiger partial charge in [-0.15, -0.1) is 6.42 Å². The summed E-state index contributed by atoms with van der Waals surface area (Å²) in [5.41, 5.74) is 0. The van der Waals surface area contributed by atoms with Crippen LogP contribution in [-0.4, -0.2) is 18.5 Å². The largest absolute Gasteiger partial charge is 0.366 e. The third-order valence-electron chi connectivity index (χ3n) is 2.72. The Morgan fingerprint density at radius 2 is 2.13 bits per heavy atom. The molecule has 1 aliphatic carbocycles. The van der Waals surface area contributed by atoms with Gasteiger partial charge in [0.15, 0.2) is 5.78 Å². The third kappa shape index (κ3) is 4.80. The maximum Gasteiger partial charge on any atom is 0.152 e. The normalized spacial score (nSPS) is 26.4. The van der Waals surface area contributed by atoms with Crippen molar-refractivity contribution in [2.24, 2.45) is 5.92 Å². The van der Waals surface area contributed by atoms with Gasteiger partial charge in [-0.25, -0.2) is 0 Å². The van der Waals surface area contributed by atoms with Crippen LogP contribution in [0.15, 0.2) is 12.2 Å². The van der Waals surface area contributed by atoms with Gasteiger partial charge in [0.25, 0.3) is 0 Å². The summed E-state index contributed by atoms with van der Waals surface area (Å²) in [5, 5.41) is 0. The van der Waals surface area contributed by atoms with Crippen LogP contribution in [0.2, 0.25) is 0 Å². The Morgan fingerprint density at radius 3 is 2.67 bits per heavy atom. The van der Waals surface area contributed by atoms with Gasteiger partial charge < -0.3 is 4.74 Å². The van der Waals surface area contributed by atoms with Crippen molar-refractivity contribution >= 4 is 5.78 Å². The van der Waals surface area contributed by atoms with E-state index in [2.05, 4.69) is 5.92 Å². The van der Waals surface area contributed by atoms with Gasteiger partial charge in [0.05, 0.1) is 6.10 Å². The van der Waals surface area contributed by atoms with Crippen LogP contribution in [0.3, 0.4) is 0 Å². The van der Waals surface area contributed by atoms with E-state index in [1.807, 2.05) is 6.08 Å². The van der Waals surface area contributed by atoms with Crippen molar-refractivity contribution in [1.29, 1.82) is 0 Å². The summed E-state index contributed by atoms with van der Waals surface area (Å²) in [5.74, 6) is 3.15. The fourth-order valence-corrected chi connectivity index (χ4v) is 1.89. The lowest BCUT2D eigenvalue weighted by molar-refractivity contribution is -0.112. The Kier molecular flexibility index (Phi) is 5.14. The van der Waals surface area contributed by atoms with Crippen molar-refractivity contribution in [3.8, 4) is 12.3 Å². The molecule has 1 rings (SSSR count). The van der Waals surface area contributed by atoms with Crippen LogP contribution in [0.1, 0.15) is 32.6 Å². The van der Waals surface area contributed by atoms with Gasteiger partial charge in [-0.1, -0.05) is 12.0 Å². The van der Waals surface area contributed by atoms with E-state index in [0.717, 1.165) is 25.7 Å². The summed E-state index contributed by atoms with van der Waals surface area (Å²) < 4.78 is 5.48. The van der Waals surface area contributed by atoms with E-state index in [-0.39, 0.29) is 5.78 Å². The molecule has 0 aromatic heterocycles. The summed E-state index contributed by atoms with van der Waals surface area (Å²) in [4.78, 5) is 10.8. The molecule has 1 saturated carbocycles. The minimum absolute atomic E-state index is 0.126. The van der Waals surface area contributed by atoms with Crippen molar-refractivity contribution in [1.82, 2.24) is 0 Å². The summed E-state index contributed by atoms with van der Waals surface area (Å²) in [6.45, 7) is 2.00. The standard InChI is InChI=1S/C13H18O2/c1-3-10-15-13-8-6-12(7-9-13)5-4-11(2)14/h1,4-5,12-13H,6-10H2,2H3/b5-4+. The maximum atomic E-state index is 10.8. The Balaban J connectivity index is 2.24. The van der Waals surface area contributed by atoms with Crippen LogP contribution in [0.25, 0.3) is 0 Å². The van der Waals surface area contributed by atoms with Crippen LogP contribution in [0.4, 0.5) is 0 Å². The molecule has 15 heavy (non-hydrogen) atoms. The fourth-order valence-electron chi connectivity index (χ4n) is 1.89. The molecule has 0 amide bonds. The highest BCUT2D eigenvalue weighted by Gasteiger charge is 2.19. The zero-order valence-electron chi connectivity index (χ0n) is 9.24. The van der Waals surface area contributed by atoms with Crippen LogP contribution in [0, 0.1) is 18.3 Å². The van der Waals surface area contributed by atoms with Crippen molar-refractivity contribution < 1.29 is 9.53 Å². The van der Waals surface area contributed by atoms with Crippen molar-refractivity contribution in [3.63, 3.8) is 0 Å². The van der Waals surface area contributed by atoms with Crippen LogP contribution in [-0.2, 0) is 9.53 Å². The lowest BCUT2D eigenvalue weighted by Gasteiger charge is -2.26. The molecule has 2 nitrogen and oxygen atoms in total. The van der Waals surface area contributed by atoms with E-state index in [0.29, 0.717) is 18.6 Å². The number of hydrogen-bond acceptors (Lipinski definition) is 2. The first-order valence-electron chi connectivity index (χ1n) is 5.46. The summed E-state index contributed by atoms with van der Waals surface area (Å²) in [7, 11) is 0. The SMILES string of the molecule is C#CCOC1CCC(/C=C/C(C)=O)CC1. The predicted octanol–water partition coefficient (Wildman–Crippen LogP) is 2.34. The van der Waals surface area contributed by atoms with E-state index in [4.69, 9.17) is 11.2 Å². The highest BCUT2D eigenvalue weighted by atomic mass is 16.5. The number of ketones is 1. The second kappa shape index (κ2) is 6.42. The minimum atomic E-state index is 0.126. The maximum absolute atomic E-state index is 10.8. The molecule has 0 atom stereocenters. The number of hydrogen-bond donors (Lipinski definition) is 0. The summed E-state index contributed by atoms with van der Waals surface area (Å²) in [6, 6.07) is 0. The van der Waals surface area contributed by atoms with Crippen LogP contribution in [0.5, 0.6) is 0 Å². The summed E-state index contributed by atoms with van der Waals surface area (Å²) in [6.07, 6.45) is 13.4. The van der Waals surface area contributed by atoms with Crippen LogP contribution >= 0.6 is 0 Å². The first-order valence-corrected chi connectivity index (χ1v) is 5.46. The molecule has 0 spiro atoms. The minimum Gasteiger partial charge on any atom is -0.366 e. The second-order valence-corrected chi connectivity index (χ2v) is 4.02. The van der Waals surface area contributed by atoms with Crippen molar-refractivity contribution in [2.75, 3.05) is 6.61 Å². The number of carbonyl (C=O) groups is 1. The van der Waals surface area contributed by atoms with Gasteiger partial charge >= 0.3 is 0 Å². The molecular weight excluding hydrogens is 188 g/mol. The van der Waals surface area contributed by atoms with E-state index in [1.54, 1.807) is 13.0 Å². The topological polar surface area (TPSA) is 26.3 Å². The monoisotopic (exact) mass is 206 g/mol. The van der Waals surface area contributed by atoms with Gasteiger partial charge in [-0.05, 0) is 44.6 Å². The molecule has 0 saturated heterocycles. The van der Waals surface area contributed by atoms with E-state index < -0.39 is 0 Å². The Bertz CT molecular complexity index is 265. The Hall–Kier alpha value is -1.07. The average molecular weight is 206 g/mol. The molecule has 0 aromatic rings. The molecule has 0 aromatic carbocycles. The zero-order valence-corrected chi connectivity index (χ0v) is 9.24. The van der Waals surface area contributed by atoms with E-state index >= 15 is 0 Å². The van der Waals surface area contributed by atoms with Gasteiger partial charge in [0.2, 0.25) is 0 Å². The lowest BCUT2D eigenvalue weighted by Crippen LogP contribution is -2.21. The molecule has 1 aliphatic rings. The molecule has 0 radical (unpaired) electrons. The number of rotatable bonds is 4. The second-order valence-electron chi connectivity index (χ2n) is 4.02. The first-order chi connectivity index (χ1) is 7.22. The number of allylic oxidation sites excluding steroid dienone is 2. The molecule has 0 unspecified atom stereocenters. The molecule has 82 valence electrons. The number of ether oxygens (including phenoxy) is 1. The molecule has 2 heteroatoms. The van der Waals surface area contributed by atoms with Gasteiger partial charge in [0, 0.05) is 0 Å². The highest BCUT2D eigenvalue weighted by molar-refractivity contribution is 5.87. The van der Waals surface area contributed by atoms with Crippen LogP contribution < -0.4 is 0 Å². The molecule has 0 N–H and O–H groups in total. The van der Waals surface area contributed by atoms with E-state index in [9.17, 15) is 4.79 Å². The molecule has 0 bridgehead atoms. The quantitative estimate of drug-likeness (QED) is 0.521. The summed E-state index contributed by atoms with van der Waals surface area (Å²) >= 11 is 0. The Morgan fingerprint density at radius 1 is 1.47 bits per heavy atom. The lowest BCUT2D eigenvalue weighted by atomic mass is 9.87.